The Hall–Kier alpha value is -4.79. The Morgan fingerprint density at radius 3 is 2.60 bits per heavy atom. The summed E-state index contributed by atoms with van der Waals surface area (Å²) in [5, 5.41) is 29.3. The number of anilines is 1. The van der Waals surface area contributed by atoms with Gasteiger partial charge in [0.25, 0.3) is 0 Å². The maximum Gasteiger partial charge on any atom is 0.212 e. The molecule has 0 amide bonds. The van der Waals surface area contributed by atoms with Crippen molar-refractivity contribution in [3.8, 4) is 34.2 Å². The third kappa shape index (κ3) is 3.97. The fourth-order valence-electron chi connectivity index (χ4n) is 5.93. The monoisotopic (exact) mass is 533 g/mol. The molecule has 11 heteroatoms. The van der Waals surface area contributed by atoms with E-state index in [1.54, 1.807) is 22.5 Å². The largest absolute Gasteiger partial charge is 0.481 e. The molecular formula is C29H27N9O2. The van der Waals surface area contributed by atoms with Crippen LogP contribution in [-0.4, -0.2) is 77.8 Å². The fourth-order valence-corrected chi connectivity index (χ4v) is 5.93. The number of aliphatic hydroxyl groups is 1. The standard InChI is InChI=1S/C29H27N9O2/c1-35-14-22(12-33-35)20-7-23(28-21(8-30)11-34-38(28)15-20)19-4-5-26(31-10-19)37-16-24-29(37)25(39)17-36(24)13-18-3-6-27(40-2)32-9-18/h3-7,9-12,14-15,24-25,29,39H,13,16-17H2,1-2H3/t24-,25-,29+/m0/s1. The third-order valence-corrected chi connectivity index (χ3v) is 7.94. The molecule has 0 aromatic carbocycles. The molecule has 2 aliphatic rings. The molecule has 2 aliphatic heterocycles. The Balaban J connectivity index is 1.14. The number of ether oxygens (including phenoxy) is 1. The third-order valence-electron chi connectivity index (χ3n) is 7.94. The number of fused-ring (bicyclic) bond motifs is 2. The van der Waals surface area contributed by atoms with Crippen LogP contribution < -0.4 is 9.64 Å². The first-order valence-electron chi connectivity index (χ1n) is 13.1. The number of pyridine rings is 3. The first-order chi connectivity index (χ1) is 19.5. The van der Waals surface area contributed by atoms with Gasteiger partial charge in [-0.05, 0) is 23.8 Å². The maximum atomic E-state index is 10.9. The number of nitriles is 1. The lowest BCUT2D eigenvalue weighted by molar-refractivity contribution is 0.151. The molecule has 2 fully saturated rings. The van der Waals surface area contributed by atoms with Gasteiger partial charge in [-0.15, -0.1) is 0 Å². The normalized spacial score (nSPS) is 20.4. The molecule has 0 radical (unpaired) electrons. The van der Waals surface area contributed by atoms with Gasteiger partial charge < -0.3 is 14.7 Å². The number of β-amino-alcohol motifs (C(OH)–C–C–N with tert-alkyl or cyclic N) is 1. The van der Waals surface area contributed by atoms with Gasteiger partial charge in [0, 0.05) is 79.8 Å². The average molecular weight is 534 g/mol. The topological polar surface area (TPSA) is 121 Å². The average Bonchev–Trinajstić information content (AvgIpc) is 3.64. The van der Waals surface area contributed by atoms with E-state index in [0.29, 0.717) is 18.0 Å². The van der Waals surface area contributed by atoms with Crippen molar-refractivity contribution in [3.05, 3.63) is 78.6 Å². The minimum Gasteiger partial charge on any atom is -0.481 e. The Morgan fingerprint density at radius 2 is 1.90 bits per heavy atom. The van der Waals surface area contributed by atoms with E-state index in [0.717, 1.165) is 52.2 Å². The molecule has 7 heterocycles. The molecule has 5 aromatic rings. The smallest absolute Gasteiger partial charge is 0.212 e. The zero-order valence-electron chi connectivity index (χ0n) is 22.1. The van der Waals surface area contributed by atoms with Crippen LogP contribution in [0.15, 0.2) is 67.5 Å². The van der Waals surface area contributed by atoms with Crippen LogP contribution in [0.2, 0.25) is 0 Å². The van der Waals surface area contributed by atoms with Crippen LogP contribution in [0.1, 0.15) is 11.1 Å². The van der Waals surface area contributed by atoms with Crippen molar-refractivity contribution in [2.24, 2.45) is 7.05 Å². The number of aliphatic hydroxyl groups excluding tert-OH is 1. The van der Waals surface area contributed by atoms with Crippen molar-refractivity contribution in [3.63, 3.8) is 0 Å². The predicted molar refractivity (Wildman–Crippen MR) is 147 cm³/mol. The second kappa shape index (κ2) is 9.44. The Morgan fingerprint density at radius 1 is 1.00 bits per heavy atom. The number of aryl methyl sites for hydroxylation is 1. The summed E-state index contributed by atoms with van der Waals surface area (Å²) >= 11 is 0. The van der Waals surface area contributed by atoms with Crippen molar-refractivity contribution in [2.45, 2.75) is 24.7 Å². The molecule has 0 spiro atoms. The van der Waals surface area contributed by atoms with Gasteiger partial charge in [0.1, 0.15) is 11.9 Å². The summed E-state index contributed by atoms with van der Waals surface area (Å²) in [4.78, 5) is 13.6. The molecule has 3 atom stereocenters. The van der Waals surface area contributed by atoms with Crippen LogP contribution >= 0.6 is 0 Å². The van der Waals surface area contributed by atoms with E-state index < -0.39 is 6.10 Å². The van der Waals surface area contributed by atoms with Crippen LogP contribution in [0.25, 0.3) is 27.8 Å². The van der Waals surface area contributed by atoms with Crippen molar-refractivity contribution in [2.75, 3.05) is 25.1 Å². The summed E-state index contributed by atoms with van der Waals surface area (Å²) in [7, 11) is 3.48. The quantitative estimate of drug-likeness (QED) is 0.351. The van der Waals surface area contributed by atoms with Gasteiger partial charge in [0.05, 0.1) is 48.8 Å². The van der Waals surface area contributed by atoms with Crippen molar-refractivity contribution >= 4 is 11.3 Å². The lowest BCUT2D eigenvalue weighted by Gasteiger charge is -2.48. The maximum absolute atomic E-state index is 10.9. The van der Waals surface area contributed by atoms with E-state index in [1.165, 1.54) is 0 Å². The minimum absolute atomic E-state index is 0.00908. The summed E-state index contributed by atoms with van der Waals surface area (Å²) in [5.41, 5.74) is 5.99. The molecular weight excluding hydrogens is 506 g/mol. The number of rotatable bonds is 6. The molecule has 200 valence electrons. The van der Waals surface area contributed by atoms with Crippen molar-refractivity contribution in [1.29, 1.82) is 5.26 Å². The number of aromatic nitrogens is 6. The summed E-state index contributed by atoms with van der Waals surface area (Å²) in [5.74, 6) is 1.42. The molecule has 0 bridgehead atoms. The van der Waals surface area contributed by atoms with Crippen molar-refractivity contribution in [1.82, 2.24) is 34.3 Å². The van der Waals surface area contributed by atoms with E-state index >= 15 is 0 Å². The summed E-state index contributed by atoms with van der Waals surface area (Å²) < 4.78 is 8.66. The number of nitrogens with zero attached hydrogens (tertiary/aromatic N) is 9. The summed E-state index contributed by atoms with van der Waals surface area (Å²) in [6, 6.07) is 12.4. The molecule has 0 saturated carbocycles. The van der Waals surface area contributed by atoms with Crippen LogP contribution in [-0.2, 0) is 13.6 Å². The van der Waals surface area contributed by atoms with Crippen LogP contribution in [0.3, 0.4) is 0 Å². The summed E-state index contributed by atoms with van der Waals surface area (Å²) in [6.07, 6.45) is 10.4. The van der Waals surface area contributed by atoms with E-state index in [2.05, 4.69) is 37.1 Å². The highest BCUT2D eigenvalue weighted by atomic mass is 16.5. The van der Waals surface area contributed by atoms with Gasteiger partial charge in [-0.1, -0.05) is 6.07 Å². The lowest BCUT2D eigenvalue weighted by Crippen LogP contribution is -2.64. The number of hydrogen-bond donors (Lipinski definition) is 1. The van der Waals surface area contributed by atoms with E-state index in [9.17, 15) is 10.4 Å². The van der Waals surface area contributed by atoms with Gasteiger partial charge in [0.2, 0.25) is 5.88 Å². The van der Waals surface area contributed by atoms with E-state index in [4.69, 9.17) is 9.72 Å². The van der Waals surface area contributed by atoms with Crippen molar-refractivity contribution < 1.29 is 9.84 Å². The second-order valence-electron chi connectivity index (χ2n) is 10.3. The Labute approximate surface area is 230 Å². The molecule has 1 N–H and O–H groups in total. The van der Waals surface area contributed by atoms with Gasteiger partial charge >= 0.3 is 0 Å². The second-order valence-corrected chi connectivity index (χ2v) is 10.3. The van der Waals surface area contributed by atoms with Crippen LogP contribution in [0.4, 0.5) is 5.82 Å². The highest BCUT2D eigenvalue weighted by molar-refractivity contribution is 5.87. The zero-order chi connectivity index (χ0) is 27.4. The number of hydrogen-bond acceptors (Lipinski definition) is 9. The first kappa shape index (κ1) is 24.3. The highest BCUT2D eigenvalue weighted by Gasteiger charge is 2.52. The SMILES string of the molecule is COc1ccc(CN2C[C@H](O)[C@H]3[C@@H]2CN3c2ccc(-c3cc(-c4cnn(C)c4)cn4ncc(C#N)c34)cn2)cn1. The molecule has 5 aromatic heterocycles. The van der Waals surface area contributed by atoms with Crippen LogP contribution in [0.5, 0.6) is 5.88 Å². The first-order valence-corrected chi connectivity index (χ1v) is 13.1. The zero-order valence-corrected chi connectivity index (χ0v) is 22.1. The number of likely N-dealkylation sites (tertiary alicyclic amines) is 1. The molecule has 7 rings (SSSR count). The van der Waals surface area contributed by atoms with E-state index in [1.807, 2.05) is 62.3 Å². The molecule has 40 heavy (non-hydrogen) atoms. The van der Waals surface area contributed by atoms with Gasteiger partial charge in [-0.2, -0.15) is 15.5 Å². The van der Waals surface area contributed by atoms with Gasteiger partial charge in [0.15, 0.2) is 0 Å². The number of methoxy groups -OCH3 is 1. The van der Waals surface area contributed by atoms with Gasteiger partial charge in [-0.25, -0.2) is 14.5 Å². The predicted octanol–water partition coefficient (Wildman–Crippen LogP) is 2.51. The summed E-state index contributed by atoms with van der Waals surface area (Å²) in [6.45, 7) is 2.12. The minimum atomic E-state index is -0.466. The lowest BCUT2D eigenvalue weighted by atomic mass is 9.95. The molecule has 2 saturated heterocycles. The Bertz CT molecular complexity index is 1740. The highest BCUT2D eigenvalue weighted by Crippen LogP contribution is 2.38. The fraction of sp³-hybridized carbons (Fsp3) is 0.276. The van der Waals surface area contributed by atoms with Crippen LogP contribution in [0, 0.1) is 11.3 Å². The molecule has 0 unspecified atom stereocenters. The Kier molecular flexibility index (Phi) is 5.73. The molecule has 0 aliphatic carbocycles. The molecule has 11 nitrogen and oxygen atoms in total. The van der Waals surface area contributed by atoms with Gasteiger partial charge in [-0.3, -0.25) is 9.58 Å². The van der Waals surface area contributed by atoms with E-state index in [-0.39, 0.29) is 12.1 Å².